The minimum Gasteiger partial charge on any atom is -0.353 e. The van der Waals surface area contributed by atoms with Crippen molar-refractivity contribution in [2.24, 2.45) is 17.8 Å². The van der Waals surface area contributed by atoms with Crippen LogP contribution in [-0.2, 0) is 4.79 Å². The summed E-state index contributed by atoms with van der Waals surface area (Å²) in [5.41, 5.74) is -0.536. The monoisotopic (exact) mass is 355 g/mol. The van der Waals surface area contributed by atoms with Crippen molar-refractivity contribution in [3.05, 3.63) is 16.3 Å². The van der Waals surface area contributed by atoms with Crippen LogP contribution < -0.4 is 11.0 Å². The van der Waals surface area contributed by atoms with Crippen molar-refractivity contribution < 1.29 is 18.4 Å². The van der Waals surface area contributed by atoms with Crippen molar-refractivity contribution in [3.63, 3.8) is 0 Å². The number of piperidine rings is 1. The number of carbonyl (C=O) groups excluding carboxylic acids is 2. The number of amides is 2. The van der Waals surface area contributed by atoms with Gasteiger partial charge in [-0.1, -0.05) is 0 Å². The van der Waals surface area contributed by atoms with Crippen LogP contribution in [0, 0.1) is 17.8 Å². The Labute approximate surface area is 141 Å². The molecule has 3 aliphatic rings. The third-order valence-corrected chi connectivity index (χ3v) is 5.65. The molecule has 1 aromatic rings. The van der Waals surface area contributed by atoms with Crippen LogP contribution in [0.3, 0.4) is 0 Å². The van der Waals surface area contributed by atoms with Crippen LogP contribution in [0.4, 0.5) is 8.78 Å². The molecule has 0 bridgehead atoms. The van der Waals surface area contributed by atoms with E-state index in [1.807, 2.05) is 0 Å². The van der Waals surface area contributed by atoms with Crippen molar-refractivity contribution in [2.45, 2.75) is 37.6 Å². The lowest BCUT2D eigenvalue weighted by molar-refractivity contribution is -0.126. The lowest BCUT2D eigenvalue weighted by atomic mass is 9.99. The number of rotatable bonds is 3. The molecule has 8 nitrogen and oxygen atoms in total. The molecule has 1 aliphatic heterocycles. The third-order valence-electron chi connectivity index (χ3n) is 5.65. The SMILES string of the molecule is O=C(NC1CCN(C(=O)c2n[nH]c(=O)[nH]2)CC1)C1C[C@@H]2[C@H](C1)C2(F)F. The molecular weight excluding hydrogens is 336 g/mol. The number of aromatic amines is 2. The molecule has 2 heterocycles. The average molecular weight is 355 g/mol. The first-order valence-electron chi connectivity index (χ1n) is 8.48. The van der Waals surface area contributed by atoms with Crippen molar-refractivity contribution in [1.29, 1.82) is 0 Å². The van der Waals surface area contributed by atoms with Gasteiger partial charge in [-0.15, -0.1) is 5.10 Å². The van der Waals surface area contributed by atoms with E-state index < -0.39 is 23.4 Å². The maximum Gasteiger partial charge on any atom is 0.341 e. The van der Waals surface area contributed by atoms with Gasteiger partial charge < -0.3 is 10.2 Å². The highest BCUT2D eigenvalue weighted by Crippen LogP contribution is 2.65. The molecule has 4 rings (SSSR count). The Kier molecular flexibility index (Phi) is 3.66. The molecule has 2 saturated carbocycles. The van der Waals surface area contributed by atoms with Gasteiger partial charge in [0.2, 0.25) is 11.7 Å². The number of hydrogen-bond donors (Lipinski definition) is 3. The minimum atomic E-state index is -2.56. The molecule has 136 valence electrons. The fourth-order valence-corrected chi connectivity index (χ4v) is 4.09. The second kappa shape index (κ2) is 5.63. The first-order valence-corrected chi connectivity index (χ1v) is 8.48. The van der Waals surface area contributed by atoms with E-state index in [1.54, 1.807) is 4.90 Å². The summed E-state index contributed by atoms with van der Waals surface area (Å²) in [4.78, 5) is 39.3. The van der Waals surface area contributed by atoms with E-state index in [2.05, 4.69) is 20.5 Å². The zero-order valence-electron chi connectivity index (χ0n) is 13.4. The van der Waals surface area contributed by atoms with Crippen LogP contribution in [-0.4, -0.2) is 56.9 Å². The van der Waals surface area contributed by atoms with E-state index in [9.17, 15) is 23.2 Å². The summed E-state index contributed by atoms with van der Waals surface area (Å²) < 4.78 is 26.4. The largest absolute Gasteiger partial charge is 0.353 e. The molecule has 0 radical (unpaired) electrons. The molecule has 2 amide bonds. The highest BCUT2D eigenvalue weighted by molar-refractivity contribution is 5.90. The number of alkyl halides is 2. The molecule has 1 unspecified atom stereocenters. The fourth-order valence-electron chi connectivity index (χ4n) is 4.09. The van der Waals surface area contributed by atoms with Crippen LogP contribution in [0.25, 0.3) is 0 Å². The molecule has 0 aromatic carbocycles. The second-order valence-corrected chi connectivity index (χ2v) is 7.16. The third kappa shape index (κ3) is 2.83. The van der Waals surface area contributed by atoms with Gasteiger partial charge in [-0.2, -0.15) is 0 Å². The molecule has 10 heteroatoms. The predicted octanol–water partition coefficient (Wildman–Crippen LogP) is 0.110. The van der Waals surface area contributed by atoms with Gasteiger partial charge in [0.1, 0.15) is 0 Å². The van der Waals surface area contributed by atoms with E-state index in [0.29, 0.717) is 25.9 Å². The van der Waals surface area contributed by atoms with Crippen LogP contribution in [0.5, 0.6) is 0 Å². The normalized spacial score (nSPS) is 30.8. The maximum atomic E-state index is 13.2. The first-order chi connectivity index (χ1) is 11.9. The molecule has 1 saturated heterocycles. The van der Waals surface area contributed by atoms with Crippen LogP contribution in [0.15, 0.2) is 4.79 Å². The Morgan fingerprint density at radius 3 is 2.40 bits per heavy atom. The van der Waals surface area contributed by atoms with Crippen LogP contribution in [0.1, 0.15) is 36.3 Å². The Morgan fingerprint density at radius 2 is 1.84 bits per heavy atom. The number of nitrogens with zero attached hydrogens (tertiary/aromatic N) is 2. The second-order valence-electron chi connectivity index (χ2n) is 7.16. The number of hydrogen-bond acceptors (Lipinski definition) is 4. The molecule has 2 aliphatic carbocycles. The smallest absolute Gasteiger partial charge is 0.341 e. The van der Waals surface area contributed by atoms with Gasteiger partial charge in [-0.3, -0.25) is 14.6 Å². The van der Waals surface area contributed by atoms with Crippen molar-refractivity contribution in [3.8, 4) is 0 Å². The van der Waals surface area contributed by atoms with E-state index in [0.717, 1.165) is 0 Å². The first kappa shape index (κ1) is 16.2. The van der Waals surface area contributed by atoms with Gasteiger partial charge in [-0.25, -0.2) is 18.7 Å². The zero-order chi connectivity index (χ0) is 17.8. The zero-order valence-corrected chi connectivity index (χ0v) is 13.4. The minimum absolute atomic E-state index is 0.0291. The lowest BCUT2D eigenvalue weighted by Crippen LogP contribution is -2.48. The fraction of sp³-hybridized carbons (Fsp3) is 0.733. The van der Waals surface area contributed by atoms with Crippen molar-refractivity contribution in [2.75, 3.05) is 13.1 Å². The van der Waals surface area contributed by atoms with Gasteiger partial charge in [0, 0.05) is 36.9 Å². The molecule has 1 aromatic heterocycles. The highest BCUT2D eigenvalue weighted by atomic mass is 19.3. The number of nitrogens with one attached hydrogen (secondary N) is 3. The number of aromatic nitrogens is 3. The molecule has 0 spiro atoms. The summed E-state index contributed by atoms with van der Waals surface area (Å²) in [6.45, 7) is 0.874. The van der Waals surface area contributed by atoms with Crippen LogP contribution in [0.2, 0.25) is 0 Å². The van der Waals surface area contributed by atoms with Gasteiger partial charge in [0.25, 0.3) is 11.8 Å². The Hall–Kier alpha value is -2.26. The topological polar surface area (TPSA) is 111 Å². The van der Waals surface area contributed by atoms with E-state index in [4.69, 9.17) is 0 Å². The predicted molar refractivity (Wildman–Crippen MR) is 80.9 cm³/mol. The summed E-state index contributed by atoms with van der Waals surface area (Å²) >= 11 is 0. The Bertz CT molecular complexity index is 738. The molecular formula is C15H19F2N5O3. The average Bonchev–Trinajstić information content (AvgIpc) is 3.03. The number of carbonyl (C=O) groups is 2. The summed E-state index contributed by atoms with van der Waals surface area (Å²) in [6.07, 6.45) is 1.71. The summed E-state index contributed by atoms with van der Waals surface area (Å²) in [6, 6.07) is -0.0628. The summed E-state index contributed by atoms with van der Waals surface area (Å²) in [5, 5.41) is 8.70. The van der Waals surface area contributed by atoms with Crippen molar-refractivity contribution in [1.82, 2.24) is 25.4 Å². The van der Waals surface area contributed by atoms with Gasteiger partial charge in [0.05, 0.1) is 0 Å². The highest BCUT2D eigenvalue weighted by Gasteiger charge is 2.72. The molecule has 25 heavy (non-hydrogen) atoms. The lowest BCUT2D eigenvalue weighted by Gasteiger charge is -2.32. The van der Waals surface area contributed by atoms with Crippen LogP contribution >= 0.6 is 0 Å². The van der Waals surface area contributed by atoms with Gasteiger partial charge >= 0.3 is 5.69 Å². The van der Waals surface area contributed by atoms with Crippen molar-refractivity contribution >= 4 is 11.8 Å². The maximum absolute atomic E-state index is 13.2. The van der Waals surface area contributed by atoms with E-state index in [1.165, 1.54) is 0 Å². The number of likely N-dealkylation sites (tertiary alicyclic amines) is 1. The van der Waals surface area contributed by atoms with E-state index in [-0.39, 0.29) is 42.4 Å². The number of halogens is 2. The molecule has 3 N–H and O–H groups in total. The number of H-pyrrole nitrogens is 2. The Morgan fingerprint density at radius 1 is 1.20 bits per heavy atom. The standard InChI is InChI=1S/C15H19F2N5O3/c16-15(17)9-5-7(6-10(9)15)12(23)18-8-1-3-22(4-2-8)13(24)11-19-14(25)21-20-11/h7-10H,1-6H2,(H,18,23)(H2,19,20,21,25)/t7?,9-,10+. The summed E-state index contributed by atoms with van der Waals surface area (Å²) in [7, 11) is 0. The molecule has 3 atom stereocenters. The summed E-state index contributed by atoms with van der Waals surface area (Å²) in [5.74, 6) is -4.64. The number of fused-ring (bicyclic) bond motifs is 1. The van der Waals surface area contributed by atoms with E-state index >= 15 is 0 Å². The van der Waals surface area contributed by atoms with Gasteiger partial charge in [0.15, 0.2) is 0 Å². The van der Waals surface area contributed by atoms with Gasteiger partial charge in [-0.05, 0) is 25.7 Å². The quantitative estimate of drug-likeness (QED) is 0.715. The molecule has 3 fully saturated rings. The Balaban J connectivity index is 1.25.